The van der Waals surface area contributed by atoms with Gasteiger partial charge in [0, 0.05) is 30.9 Å². The molecule has 0 spiro atoms. The van der Waals surface area contributed by atoms with E-state index in [0.717, 1.165) is 6.07 Å². The van der Waals surface area contributed by atoms with Crippen LogP contribution in [0.3, 0.4) is 0 Å². The SMILES string of the molecule is CCOC(=O)c1cn(Cc2ccc(OC)cc2OC)c2nc(N3CCC(NC(=O)OC(C)(C)C)C3)c(F)cc2c1=O. The van der Waals surface area contributed by atoms with E-state index < -0.39 is 28.9 Å². The van der Waals surface area contributed by atoms with Crippen LogP contribution in [0.15, 0.2) is 35.3 Å². The van der Waals surface area contributed by atoms with E-state index in [0.29, 0.717) is 36.6 Å². The zero-order valence-electron chi connectivity index (χ0n) is 24.1. The van der Waals surface area contributed by atoms with Crippen LogP contribution in [0.2, 0.25) is 0 Å². The van der Waals surface area contributed by atoms with Crippen LogP contribution >= 0.6 is 0 Å². The fourth-order valence-electron chi connectivity index (χ4n) is 4.68. The van der Waals surface area contributed by atoms with Gasteiger partial charge >= 0.3 is 12.1 Å². The highest BCUT2D eigenvalue weighted by Gasteiger charge is 2.29. The summed E-state index contributed by atoms with van der Waals surface area (Å²) in [6, 6.07) is 6.09. The zero-order chi connectivity index (χ0) is 29.9. The van der Waals surface area contributed by atoms with Crippen LogP contribution in [0, 0.1) is 5.82 Å². The molecule has 0 aliphatic carbocycles. The molecule has 0 radical (unpaired) electrons. The number of aromatic nitrogens is 2. The minimum Gasteiger partial charge on any atom is -0.497 e. The van der Waals surface area contributed by atoms with Gasteiger partial charge in [-0.25, -0.2) is 19.0 Å². The Hall–Kier alpha value is -4.35. The molecule has 11 nitrogen and oxygen atoms in total. The third-order valence-electron chi connectivity index (χ3n) is 6.52. The van der Waals surface area contributed by atoms with E-state index in [1.165, 1.54) is 13.3 Å². The minimum absolute atomic E-state index is 0.0321. The van der Waals surface area contributed by atoms with E-state index in [1.54, 1.807) is 62.5 Å². The van der Waals surface area contributed by atoms with Crippen LogP contribution in [0.4, 0.5) is 15.0 Å². The summed E-state index contributed by atoms with van der Waals surface area (Å²) in [6.07, 6.45) is 1.37. The highest BCUT2D eigenvalue weighted by molar-refractivity contribution is 5.93. The molecule has 1 amide bonds. The quantitative estimate of drug-likeness (QED) is 0.402. The molecule has 0 saturated carbocycles. The molecule has 41 heavy (non-hydrogen) atoms. The van der Waals surface area contributed by atoms with Crippen molar-refractivity contribution in [2.75, 3.05) is 38.8 Å². The molecule has 3 aromatic rings. The molecule has 12 heteroatoms. The number of nitrogens with one attached hydrogen (secondary N) is 1. The summed E-state index contributed by atoms with van der Waals surface area (Å²) in [5, 5.41) is 2.75. The lowest BCUT2D eigenvalue weighted by molar-refractivity contribution is 0.0503. The van der Waals surface area contributed by atoms with Gasteiger partial charge in [-0.3, -0.25) is 4.79 Å². The van der Waals surface area contributed by atoms with Crippen molar-refractivity contribution in [2.45, 2.75) is 52.3 Å². The number of nitrogens with zero attached hydrogens (tertiary/aromatic N) is 3. The number of benzene rings is 1. The lowest BCUT2D eigenvalue weighted by Gasteiger charge is -2.23. The normalized spacial score (nSPS) is 15.1. The molecule has 1 saturated heterocycles. The second-order valence-corrected chi connectivity index (χ2v) is 10.6. The number of pyridine rings is 2. The van der Waals surface area contributed by atoms with Crippen LogP contribution in [-0.2, 0) is 16.0 Å². The fourth-order valence-corrected chi connectivity index (χ4v) is 4.68. The molecular formula is C29H35FN4O7. The summed E-state index contributed by atoms with van der Waals surface area (Å²) in [5.41, 5.74) is -0.666. The van der Waals surface area contributed by atoms with Crippen molar-refractivity contribution in [3.8, 4) is 11.5 Å². The molecule has 1 fully saturated rings. The van der Waals surface area contributed by atoms with Crippen molar-refractivity contribution >= 4 is 28.9 Å². The fraction of sp³-hybridized carbons (Fsp3) is 0.448. The Morgan fingerprint density at radius 1 is 1.17 bits per heavy atom. The van der Waals surface area contributed by atoms with Crippen LogP contribution in [-0.4, -0.2) is 67.2 Å². The number of halogens is 1. The lowest BCUT2D eigenvalue weighted by atomic mass is 10.1. The molecule has 1 unspecified atom stereocenters. The Labute approximate surface area is 237 Å². The summed E-state index contributed by atoms with van der Waals surface area (Å²) in [4.78, 5) is 44.5. The van der Waals surface area contributed by atoms with Gasteiger partial charge in [-0.05, 0) is 52.3 Å². The van der Waals surface area contributed by atoms with Crippen molar-refractivity contribution in [1.82, 2.24) is 14.9 Å². The van der Waals surface area contributed by atoms with E-state index in [-0.39, 0.29) is 41.6 Å². The number of amides is 1. The largest absolute Gasteiger partial charge is 0.497 e. The number of methoxy groups -OCH3 is 2. The highest BCUT2D eigenvalue weighted by atomic mass is 19.1. The van der Waals surface area contributed by atoms with Gasteiger partial charge in [0.05, 0.1) is 38.8 Å². The zero-order valence-corrected chi connectivity index (χ0v) is 24.1. The predicted octanol–water partition coefficient (Wildman–Crippen LogP) is 3.88. The van der Waals surface area contributed by atoms with E-state index in [1.807, 2.05) is 0 Å². The van der Waals surface area contributed by atoms with Gasteiger partial charge in [0.1, 0.15) is 28.3 Å². The number of carbonyl (C=O) groups excluding carboxylic acids is 2. The maximum absolute atomic E-state index is 15.5. The molecule has 3 heterocycles. The van der Waals surface area contributed by atoms with Crippen molar-refractivity contribution < 1.29 is 32.9 Å². The van der Waals surface area contributed by atoms with Crippen LogP contribution < -0.4 is 25.1 Å². The number of fused-ring (bicyclic) bond motifs is 1. The maximum atomic E-state index is 15.5. The first-order chi connectivity index (χ1) is 19.4. The Morgan fingerprint density at radius 3 is 2.59 bits per heavy atom. The third kappa shape index (κ3) is 6.69. The molecule has 1 N–H and O–H groups in total. The first-order valence-electron chi connectivity index (χ1n) is 13.3. The average molecular weight is 571 g/mol. The Balaban J connectivity index is 1.75. The maximum Gasteiger partial charge on any atom is 0.407 e. The van der Waals surface area contributed by atoms with Gasteiger partial charge in [-0.2, -0.15) is 0 Å². The van der Waals surface area contributed by atoms with E-state index in [2.05, 4.69) is 10.3 Å². The van der Waals surface area contributed by atoms with E-state index in [4.69, 9.17) is 18.9 Å². The number of esters is 1. The minimum atomic E-state index is -0.810. The van der Waals surface area contributed by atoms with Crippen LogP contribution in [0.5, 0.6) is 11.5 Å². The molecule has 1 aromatic carbocycles. The number of alkyl carbamates (subject to hydrolysis) is 1. The number of hydrogen-bond acceptors (Lipinski definition) is 9. The number of anilines is 1. The standard InChI is InChI=1S/C29H35FN4O7/c1-7-40-27(36)21-16-34(14-17-8-9-19(38-5)12-23(17)39-6)25-20(24(21)35)13-22(30)26(32-25)33-11-10-18(15-33)31-28(37)41-29(2,3)4/h8-9,12-13,16,18H,7,10-11,14-15H2,1-6H3,(H,31,37). The highest BCUT2D eigenvalue weighted by Crippen LogP contribution is 2.28. The molecule has 1 aliphatic heterocycles. The topological polar surface area (TPSA) is 121 Å². The molecule has 0 bridgehead atoms. The Bertz CT molecular complexity index is 1520. The second kappa shape index (κ2) is 12.0. The Morgan fingerprint density at radius 2 is 1.93 bits per heavy atom. The smallest absolute Gasteiger partial charge is 0.407 e. The van der Waals surface area contributed by atoms with Gasteiger partial charge in [-0.1, -0.05) is 0 Å². The molecule has 4 rings (SSSR count). The summed E-state index contributed by atoms with van der Waals surface area (Å²) in [6.45, 7) is 7.90. The van der Waals surface area contributed by atoms with Gasteiger partial charge in [0.15, 0.2) is 11.6 Å². The lowest BCUT2D eigenvalue weighted by Crippen LogP contribution is -2.40. The third-order valence-corrected chi connectivity index (χ3v) is 6.52. The van der Waals surface area contributed by atoms with E-state index in [9.17, 15) is 14.4 Å². The molecule has 1 aliphatic rings. The van der Waals surface area contributed by atoms with E-state index >= 15 is 4.39 Å². The first kappa shape index (κ1) is 29.6. The second-order valence-electron chi connectivity index (χ2n) is 10.6. The van der Waals surface area contributed by atoms with Crippen molar-refractivity contribution in [3.63, 3.8) is 0 Å². The summed E-state index contributed by atoms with van der Waals surface area (Å²) in [7, 11) is 3.06. The summed E-state index contributed by atoms with van der Waals surface area (Å²) in [5.74, 6) is -0.387. The van der Waals surface area contributed by atoms with Gasteiger partial charge in [0.2, 0.25) is 5.43 Å². The molecular weight excluding hydrogens is 535 g/mol. The van der Waals surface area contributed by atoms with Gasteiger partial charge in [-0.15, -0.1) is 0 Å². The van der Waals surface area contributed by atoms with Gasteiger partial charge < -0.3 is 33.7 Å². The summed E-state index contributed by atoms with van der Waals surface area (Å²) < 4.78 is 38.3. The van der Waals surface area contributed by atoms with Crippen LogP contribution in [0.25, 0.3) is 11.0 Å². The van der Waals surface area contributed by atoms with Crippen molar-refractivity contribution in [2.24, 2.45) is 0 Å². The molecule has 2 aromatic heterocycles. The molecule has 220 valence electrons. The monoisotopic (exact) mass is 570 g/mol. The predicted molar refractivity (Wildman–Crippen MR) is 151 cm³/mol. The number of carbonyl (C=O) groups is 2. The summed E-state index contributed by atoms with van der Waals surface area (Å²) >= 11 is 0. The number of hydrogen-bond donors (Lipinski definition) is 1. The Kier molecular flexibility index (Phi) is 8.69. The average Bonchev–Trinajstić information content (AvgIpc) is 3.37. The van der Waals surface area contributed by atoms with Crippen molar-refractivity contribution in [1.29, 1.82) is 0 Å². The number of ether oxygens (including phenoxy) is 4. The van der Waals surface area contributed by atoms with Crippen molar-refractivity contribution in [3.05, 3.63) is 57.6 Å². The number of rotatable bonds is 8. The van der Waals surface area contributed by atoms with Crippen LogP contribution in [0.1, 0.15) is 50.0 Å². The molecule has 1 atom stereocenters. The van der Waals surface area contributed by atoms with Gasteiger partial charge in [0.25, 0.3) is 0 Å². The first-order valence-corrected chi connectivity index (χ1v) is 13.3.